The highest BCUT2D eigenvalue weighted by Gasteiger charge is 2.45. The zero-order chi connectivity index (χ0) is 14.2. The number of nitrogens with zero attached hydrogens (tertiary/aromatic N) is 3. The molecule has 1 fully saturated rings. The van der Waals surface area contributed by atoms with Gasteiger partial charge >= 0.3 is 11.8 Å². The lowest BCUT2D eigenvalue weighted by Gasteiger charge is -2.30. The highest BCUT2D eigenvalue weighted by molar-refractivity contribution is 6.35. The average molecular weight is 253 g/mol. The summed E-state index contributed by atoms with van der Waals surface area (Å²) >= 11 is 0. The summed E-state index contributed by atoms with van der Waals surface area (Å²) in [6, 6.07) is 0.254. The molecule has 0 saturated carbocycles. The summed E-state index contributed by atoms with van der Waals surface area (Å²) in [7, 11) is 3.16. The topological polar surface area (TPSA) is 43.9 Å². The number of carbonyl (C=O) groups excluding carboxylic acids is 2. The van der Waals surface area contributed by atoms with Crippen molar-refractivity contribution in [2.24, 2.45) is 0 Å². The molecule has 5 heteroatoms. The zero-order valence-corrected chi connectivity index (χ0v) is 12.1. The van der Waals surface area contributed by atoms with E-state index in [2.05, 4.69) is 6.58 Å². The monoisotopic (exact) mass is 253 g/mol. The van der Waals surface area contributed by atoms with E-state index in [1.165, 1.54) is 4.90 Å². The number of rotatable bonds is 1. The quantitative estimate of drug-likeness (QED) is 0.652. The van der Waals surface area contributed by atoms with Crippen LogP contribution in [0.1, 0.15) is 27.7 Å². The molecule has 0 unspecified atom stereocenters. The summed E-state index contributed by atoms with van der Waals surface area (Å²) < 4.78 is 0. The fourth-order valence-electron chi connectivity index (χ4n) is 2.02. The van der Waals surface area contributed by atoms with Gasteiger partial charge in [-0.05, 0) is 27.7 Å². The first-order valence-electron chi connectivity index (χ1n) is 6.10. The van der Waals surface area contributed by atoms with Crippen LogP contribution in [0, 0.1) is 0 Å². The first-order chi connectivity index (χ1) is 8.10. The number of hydrogen-bond acceptors (Lipinski definition) is 3. The molecule has 0 radical (unpaired) electrons. The molecule has 0 aliphatic carbocycles. The standard InChI is InChI=1S/C13H23N3O2/c1-9(2)15-8-16(13(4,5)10(15)3)12(18)11(17)14(6)7/h9H,3,8H2,1-2,4-7H3. The van der Waals surface area contributed by atoms with E-state index in [0.29, 0.717) is 6.67 Å². The van der Waals surface area contributed by atoms with Crippen LogP contribution in [-0.2, 0) is 9.59 Å². The van der Waals surface area contributed by atoms with Gasteiger partial charge < -0.3 is 14.7 Å². The lowest BCUT2D eigenvalue weighted by Crippen LogP contribution is -2.49. The van der Waals surface area contributed by atoms with Crippen molar-refractivity contribution in [2.45, 2.75) is 39.3 Å². The fourth-order valence-corrected chi connectivity index (χ4v) is 2.02. The Bertz CT molecular complexity index is 386. The number of likely N-dealkylation sites (N-methyl/N-ethyl adjacent to an activating group) is 1. The Morgan fingerprint density at radius 2 is 1.83 bits per heavy atom. The van der Waals surface area contributed by atoms with Gasteiger partial charge in [0.15, 0.2) is 0 Å². The number of carbonyl (C=O) groups is 2. The maximum absolute atomic E-state index is 12.2. The van der Waals surface area contributed by atoms with E-state index in [0.717, 1.165) is 5.70 Å². The SMILES string of the molecule is C=C1N(C(C)C)CN(C(=O)C(=O)N(C)C)C1(C)C. The summed E-state index contributed by atoms with van der Waals surface area (Å²) in [5, 5.41) is 0. The molecule has 0 aromatic carbocycles. The molecule has 2 amide bonds. The van der Waals surface area contributed by atoms with Crippen LogP contribution < -0.4 is 0 Å². The smallest absolute Gasteiger partial charge is 0.314 e. The molecule has 0 spiro atoms. The molecule has 1 heterocycles. The van der Waals surface area contributed by atoms with Crippen LogP contribution in [0.15, 0.2) is 12.3 Å². The molecule has 1 rings (SSSR count). The molecule has 5 nitrogen and oxygen atoms in total. The third kappa shape index (κ3) is 2.21. The van der Waals surface area contributed by atoms with Gasteiger partial charge in [-0.3, -0.25) is 9.59 Å². The normalized spacial score (nSPS) is 18.5. The van der Waals surface area contributed by atoms with Crippen molar-refractivity contribution >= 4 is 11.8 Å². The number of hydrogen-bond donors (Lipinski definition) is 0. The first-order valence-corrected chi connectivity index (χ1v) is 6.10. The van der Waals surface area contributed by atoms with Gasteiger partial charge in [0, 0.05) is 25.8 Å². The van der Waals surface area contributed by atoms with E-state index in [-0.39, 0.29) is 6.04 Å². The van der Waals surface area contributed by atoms with E-state index in [1.807, 2.05) is 32.6 Å². The molecule has 1 aliphatic heterocycles. The third-order valence-corrected chi connectivity index (χ3v) is 3.48. The highest BCUT2D eigenvalue weighted by Crippen LogP contribution is 2.34. The van der Waals surface area contributed by atoms with Crippen LogP contribution in [0.5, 0.6) is 0 Å². The van der Waals surface area contributed by atoms with Gasteiger partial charge in [-0.2, -0.15) is 0 Å². The van der Waals surface area contributed by atoms with Crippen molar-refractivity contribution in [3.05, 3.63) is 12.3 Å². The van der Waals surface area contributed by atoms with Gasteiger partial charge in [-0.1, -0.05) is 6.58 Å². The minimum Gasteiger partial charge on any atom is -0.353 e. The van der Waals surface area contributed by atoms with Crippen molar-refractivity contribution in [1.82, 2.24) is 14.7 Å². The maximum Gasteiger partial charge on any atom is 0.314 e. The molecule has 0 N–H and O–H groups in total. The van der Waals surface area contributed by atoms with Gasteiger partial charge in [-0.25, -0.2) is 0 Å². The van der Waals surface area contributed by atoms with Crippen LogP contribution >= 0.6 is 0 Å². The molecule has 0 bridgehead atoms. The van der Waals surface area contributed by atoms with Crippen molar-refractivity contribution in [3.63, 3.8) is 0 Å². The number of amides is 2. The molecule has 1 saturated heterocycles. The van der Waals surface area contributed by atoms with Crippen molar-refractivity contribution < 1.29 is 9.59 Å². The van der Waals surface area contributed by atoms with E-state index in [4.69, 9.17) is 0 Å². The minimum atomic E-state index is -0.521. The summed E-state index contributed by atoms with van der Waals surface area (Å²) in [4.78, 5) is 28.9. The Labute approximate surface area is 109 Å². The molecule has 0 atom stereocenters. The van der Waals surface area contributed by atoms with E-state index < -0.39 is 17.4 Å². The Kier molecular flexibility index (Phi) is 3.74. The minimum absolute atomic E-state index is 0.254. The molecule has 0 aromatic rings. The predicted molar refractivity (Wildman–Crippen MR) is 70.6 cm³/mol. The lowest BCUT2D eigenvalue weighted by atomic mass is 10.0. The van der Waals surface area contributed by atoms with Crippen LogP contribution in [-0.4, -0.2) is 58.9 Å². The Morgan fingerprint density at radius 3 is 2.17 bits per heavy atom. The fraction of sp³-hybridized carbons (Fsp3) is 0.692. The van der Waals surface area contributed by atoms with Gasteiger partial charge in [0.1, 0.15) is 0 Å². The Balaban J connectivity index is 3.01. The van der Waals surface area contributed by atoms with Crippen LogP contribution in [0.2, 0.25) is 0 Å². The highest BCUT2D eigenvalue weighted by atomic mass is 16.2. The zero-order valence-electron chi connectivity index (χ0n) is 12.1. The molecule has 18 heavy (non-hydrogen) atoms. The van der Waals surface area contributed by atoms with Gasteiger partial charge in [0.2, 0.25) is 0 Å². The van der Waals surface area contributed by atoms with E-state index in [9.17, 15) is 9.59 Å². The molecule has 1 aliphatic rings. The van der Waals surface area contributed by atoms with Crippen LogP contribution in [0.25, 0.3) is 0 Å². The second-order valence-corrected chi connectivity index (χ2v) is 5.64. The van der Waals surface area contributed by atoms with Gasteiger partial charge in [0.25, 0.3) is 0 Å². The van der Waals surface area contributed by atoms with Gasteiger partial charge in [-0.15, -0.1) is 0 Å². The van der Waals surface area contributed by atoms with Crippen molar-refractivity contribution in [3.8, 4) is 0 Å². The molecule has 0 aromatic heterocycles. The Hall–Kier alpha value is -1.52. The van der Waals surface area contributed by atoms with Gasteiger partial charge in [0.05, 0.1) is 12.2 Å². The Morgan fingerprint density at radius 1 is 1.33 bits per heavy atom. The molecular formula is C13H23N3O2. The summed E-state index contributed by atoms with van der Waals surface area (Å²) in [6.07, 6.45) is 0. The second kappa shape index (κ2) is 4.63. The van der Waals surface area contributed by atoms with E-state index >= 15 is 0 Å². The average Bonchev–Trinajstić information content (AvgIpc) is 2.49. The van der Waals surface area contributed by atoms with E-state index in [1.54, 1.807) is 19.0 Å². The largest absolute Gasteiger partial charge is 0.353 e. The van der Waals surface area contributed by atoms with Crippen LogP contribution in [0.3, 0.4) is 0 Å². The maximum atomic E-state index is 12.2. The molecular weight excluding hydrogens is 230 g/mol. The molecule has 102 valence electrons. The predicted octanol–water partition coefficient (Wildman–Crippen LogP) is 0.877. The summed E-state index contributed by atoms with van der Waals surface area (Å²) in [6.45, 7) is 12.4. The van der Waals surface area contributed by atoms with Crippen molar-refractivity contribution in [2.75, 3.05) is 20.8 Å². The summed E-state index contributed by atoms with van der Waals surface area (Å²) in [5.41, 5.74) is 0.352. The third-order valence-electron chi connectivity index (χ3n) is 3.48. The van der Waals surface area contributed by atoms with Crippen LogP contribution in [0.4, 0.5) is 0 Å². The second-order valence-electron chi connectivity index (χ2n) is 5.64. The first kappa shape index (κ1) is 14.5. The summed E-state index contributed by atoms with van der Waals surface area (Å²) in [5.74, 6) is -0.976. The van der Waals surface area contributed by atoms with Crippen molar-refractivity contribution in [1.29, 1.82) is 0 Å². The lowest BCUT2D eigenvalue weighted by molar-refractivity contribution is -0.152.